The molecule has 20 heteroatoms. The van der Waals surface area contributed by atoms with Crippen LogP contribution in [-0.4, -0.2) is 146 Å². The average molecular weight is 887 g/mol. The van der Waals surface area contributed by atoms with Crippen LogP contribution in [0.2, 0.25) is 0 Å². The number of ether oxygens (including phenoxy) is 3. The summed E-state index contributed by atoms with van der Waals surface area (Å²) >= 11 is 0. The quantitative estimate of drug-likeness (QED) is 0.0502. The van der Waals surface area contributed by atoms with Gasteiger partial charge in [0.15, 0.2) is 6.29 Å². The predicted octanol–water partition coefficient (Wildman–Crippen LogP) is 4.43. The fourth-order valence-electron chi connectivity index (χ4n) is 6.21. The van der Waals surface area contributed by atoms with Crippen molar-refractivity contribution in [3.8, 4) is 0 Å². The largest absolute Gasteiger partial charge is 0.483 e. The zero-order valence-corrected chi connectivity index (χ0v) is 36.5. The van der Waals surface area contributed by atoms with E-state index in [9.17, 15) is 39.6 Å². The van der Waals surface area contributed by atoms with Gasteiger partial charge in [0.05, 0.1) is 6.61 Å². The summed E-state index contributed by atoms with van der Waals surface area (Å²) < 4.78 is 20.1. The molecule has 5 N–H and O–H groups in total. The number of fused-ring (bicyclic) bond motifs is 1. The lowest BCUT2D eigenvalue weighted by molar-refractivity contribution is -0.287. The molecule has 0 spiro atoms. The molecule has 0 bridgehead atoms. The smallest absolute Gasteiger partial charge is 0.326 e. The van der Waals surface area contributed by atoms with Gasteiger partial charge in [-0.3, -0.25) is 24.0 Å². The first-order valence-corrected chi connectivity index (χ1v) is 22.6. The van der Waals surface area contributed by atoms with Gasteiger partial charge in [-0.15, -0.1) is 0 Å². The number of benzene rings is 1. The molecule has 60 heavy (non-hydrogen) atoms. The van der Waals surface area contributed by atoms with Gasteiger partial charge in [-0.2, -0.15) is 0 Å². The Labute approximate surface area is 358 Å². The highest BCUT2D eigenvalue weighted by molar-refractivity contribution is 8.78. The maximum atomic E-state index is 12.5. The molecule has 1 aliphatic heterocycles. The number of aliphatic hydroxyl groups is 4. The zero-order valence-electron chi connectivity index (χ0n) is 34.9. The van der Waals surface area contributed by atoms with Crippen LogP contribution in [0.25, 0.3) is 11.0 Å². The fraction of sp³-hybridized carbons (Fsp3) is 0.675. The number of carbonyl (C=O) groups is 5. The highest BCUT2D eigenvalue weighted by Gasteiger charge is 2.43. The van der Waals surface area contributed by atoms with Gasteiger partial charge < -0.3 is 49.5 Å². The first kappa shape index (κ1) is 52.3. The normalized spacial score (nSPS) is 20.6. The highest BCUT2D eigenvalue weighted by atomic mass is 33.1. The van der Waals surface area contributed by atoms with Crippen molar-refractivity contribution in [3.05, 3.63) is 34.4 Å². The Morgan fingerprint density at radius 2 is 1.57 bits per heavy atom. The van der Waals surface area contributed by atoms with Gasteiger partial charge in [-0.1, -0.05) is 80.4 Å². The number of hydrogen-bond acceptors (Lipinski definition) is 17. The molecule has 1 aromatic heterocycles. The van der Waals surface area contributed by atoms with Crippen molar-refractivity contribution in [1.82, 2.24) is 20.1 Å². The molecule has 4 rings (SSSR count). The Hall–Kier alpha value is -3.79. The van der Waals surface area contributed by atoms with Gasteiger partial charge in [-0.05, 0) is 61.1 Å². The summed E-state index contributed by atoms with van der Waals surface area (Å²) in [5.74, 6) is -0.106. The molecular formula is C40H62N4O14S2. The summed E-state index contributed by atoms with van der Waals surface area (Å²) in [5, 5.41) is 53.3. The number of carboxylic acid groups (broad SMARTS) is 1. The number of esters is 2. The summed E-state index contributed by atoms with van der Waals surface area (Å²) in [6, 6.07) is 5.67. The number of unbranched alkanes of at least 4 members (excludes halogenated alkanes) is 4. The van der Waals surface area contributed by atoms with E-state index >= 15 is 0 Å². The van der Waals surface area contributed by atoms with E-state index < -0.39 is 49.8 Å². The maximum absolute atomic E-state index is 12.5. The number of nitrogens with zero attached hydrogens (tertiary/aromatic N) is 4. The van der Waals surface area contributed by atoms with E-state index in [1.54, 1.807) is 35.9 Å². The minimum absolute atomic E-state index is 0.0526. The topological polar surface area (TPSA) is 260 Å². The standard InChI is InChI=1S/C25H43NO10S2.C14H17N3O2.CH2O2/c1-4-6-8-9-13-37-38-19(11-12-34-20(28)10-7-5-2)17(3)26(16-27)14-21(29)35-15-18-22(30)23(31)24(32)25(33)36-18;1-17(11-5-3-2-4-6-11)14(18)10-7-8-12-13(9-10)16-19-15-12;2-1-3/h16,18,22-25,30-33H,4-15H2,1-3H3;7-9,11H,2-6H2,1H3;1H,(H,2,3)/b19-17-;;. The second-order valence-electron chi connectivity index (χ2n) is 14.3. The lowest BCUT2D eigenvalue weighted by atomic mass is 9.94. The lowest BCUT2D eigenvalue weighted by Crippen LogP contribution is -2.58. The molecule has 2 amide bonds. The van der Waals surface area contributed by atoms with E-state index in [0.29, 0.717) is 47.6 Å². The molecule has 5 unspecified atom stereocenters. The van der Waals surface area contributed by atoms with Crippen LogP contribution in [0.4, 0.5) is 0 Å². The second kappa shape index (κ2) is 29.5. The molecule has 338 valence electrons. The Bertz CT molecular complexity index is 1630. The zero-order chi connectivity index (χ0) is 44.5. The molecule has 2 aliphatic rings. The van der Waals surface area contributed by atoms with E-state index in [0.717, 1.165) is 55.6 Å². The van der Waals surface area contributed by atoms with E-state index in [1.165, 1.54) is 41.4 Å². The lowest BCUT2D eigenvalue weighted by Gasteiger charge is -2.37. The van der Waals surface area contributed by atoms with Crippen molar-refractivity contribution in [2.75, 3.05) is 32.6 Å². The summed E-state index contributed by atoms with van der Waals surface area (Å²) in [6.45, 7) is 4.82. The number of allylic oxidation sites excluding steroid dienone is 1. The Morgan fingerprint density at radius 3 is 2.23 bits per heavy atom. The molecule has 0 radical (unpaired) electrons. The highest BCUT2D eigenvalue weighted by Crippen LogP contribution is 2.36. The molecule has 1 saturated heterocycles. The van der Waals surface area contributed by atoms with Crippen LogP contribution in [0.5, 0.6) is 0 Å². The van der Waals surface area contributed by atoms with E-state index in [1.807, 2.05) is 18.9 Å². The van der Waals surface area contributed by atoms with E-state index in [-0.39, 0.29) is 25.0 Å². The molecule has 2 heterocycles. The van der Waals surface area contributed by atoms with Crippen molar-refractivity contribution in [2.24, 2.45) is 0 Å². The summed E-state index contributed by atoms with van der Waals surface area (Å²) in [5.41, 5.74) is 2.48. The van der Waals surface area contributed by atoms with Crippen LogP contribution in [0, 0.1) is 0 Å². The molecule has 1 aliphatic carbocycles. The number of aromatic nitrogens is 2. The van der Waals surface area contributed by atoms with Crippen molar-refractivity contribution < 1.29 is 68.3 Å². The molecule has 2 fully saturated rings. The predicted molar refractivity (Wildman–Crippen MR) is 224 cm³/mol. The van der Waals surface area contributed by atoms with Crippen LogP contribution in [0.3, 0.4) is 0 Å². The molecule has 1 aromatic carbocycles. The number of aliphatic hydroxyl groups excluding tert-OH is 4. The van der Waals surface area contributed by atoms with Crippen molar-refractivity contribution in [3.63, 3.8) is 0 Å². The first-order valence-electron chi connectivity index (χ1n) is 20.3. The average Bonchev–Trinajstić information content (AvgIpc) is 3.74. The van der Waals surface area contributed by atoms with Gasteiger partial charge in [0.1, 0.15) is 48.6 Å². The number of rotatable bonds is 21. The Balaban J connectivity index is 0.000000462. The third-order valence-corrected chi connectivity index (χ3v) is 12.6. The van der Waals surface area contributed by atoms with Crippen LogP contribution < -0.4 is 0 Å². The fourth-order valence-corrected chi connectivity index (χ4v) is 8.80. The van der Waals surface area contributed by atoms with Crippen molar-refractivity contribution in [1.29, 1.82) is 0 Å². The van der Waals surface area contributed by atoms with Crippen LogP contribution in [-0.2, 0) is 33.4 Å². The summed E-state index contributed by atoms with van der Waals surface area (Å²) in [6.07, 6.45) is 5.38. The van der Waals surface area contributed by atoms with Gasteiger partial charge >= 0.3 is 11.9 Å². The van der Waals surface area contributed by atoms with Crippen LogP contribution >= 0.6 is 21.6 Å². The third kappa shape index (κ3) is 18.1. The first-order chi connectivity index (χ1) is 28.8. The molecule has 5 atom stereocenters. The monoisotopic (exact) mass is 886 g/mol. The number of carbonyl (C=O) groups excluding carboxylic acids is 4. The van der Waals surface area contributed by atoms with Crippen molar-refractivity contribution >= 4 is 63.3 Å². The molecular weight excluding hydrogens is 825 g/mol. The molecule has 2 aromatic rings. The van der Waals surface area contributed by atoms with Gasteiger partial charge in [-0.25, -0.2) is 4.63 Å². The SMILES string of the molecule is CCCCCCSS/C(CCOC(=O)CCCC)=C(/C)N(C=O)CC(=O)OCC1OC(O)C(O)C(O)C1O.CN(C(=O)c1ccc2nonc2c1)C1CCCCC1.O=CO. The van der Waals surface area contributed by atoms with Gasteiger partial charge in [0, 0.05) is 47.8 Å². The number of hydrogen-bond donors (Lipinski definition) is 5. The van der Waals surface area contributed by atoms with Crippen LogP contribution in [0.15, 0.2) is 33.4 Å². The van der Waals surface area contributed by atoms with Crippen molar-refractivity contribution in [2.45, 2.75) is 141 Å². The van der Waals surface area contributed by atoms with E-state index in [2.05, 4.69) is 21.9 Å². The van der Waals surface area contributed by atoms with E-state index in [4.69, 9.17) is 24.1 Å². The number of amides is 2. The third-order valence-electron chi connectivity index (χ3n) is 9.87. The minimum Gasteiger partial charge on any atom is -0.483 e. The Kier molecular flexibility index (Phi) is 25.7. The molecule has 1 saturated carbocycles. The van der Waals surface area contributed by atoms with Gasteiger partial charge in [0.2, 0.25) is 6.41 Å². The minimum atomic E-state index is -1.75. The van der Waals surface area contributed by atoms with Gasteiger partial charge in [0.25, 0.3) is 12.4 Å². The second-order valence-corrected chi connectivity index (χ2v) is 16.8. The van der Waals surface area contributed by atoms with Crippen LogP contribution in [0.1, 0.15) is 115 Å². The summed E-state index contributed by atoms with van der Waals surface area (Å²) in [7, 11) is 5.01. The molecule has 18 nitrogen and oxygen atoms in total. The maximum Gasteiger partial charge on any atom is 0.326 e. The Morgan fingerprint density at radius 1 is 0.883 bits per heavy atom. The summed E-state index contributed by atoms with van der Waals surface area (Å²) in [4.78, 5) is 60.8.